The number of halogens is 1. The molecule has 0 aliphatic heterocycles. The Kier molecular flexibility index (Phi) is 9.84. The van der Waals surface area contributed by atoms with Crippen LogP contribution >= 0.6 is 24.0 Å². The van der Waals surface area contributed by atoms with Gasteiger partial charge in [0.1, 0.15) is 12.3 Å². The number of nitrogens with zero attached hydrogens (tertiary/aromatic N) is 2. The Bertz CT molecular complexity index is 548. The van der Waals surface area contributed by atoms with Gasteiger partial charge in [-0.05, 0) is 33.6 Å². The molecule has 1 aliphatic rings. The first-order valence-corrected chi connectivity index (χ1v) is 8.83. The summed E-state index contributed by atoms with van der Waals surface area (Å²) >= 11 is 0. The van der Waals surface area contributed by atoms with Crippen molar-refractivity contribution < 1.29 is 9.21 Å². The highest BCUT2D eigenvalue weighted by atomic mass is 127. The second-order valence-corrected chi connectivity index (χ2v) is 6.17. The maximum Gasteiger partial charge on any atom is 0.221 e. The van der Waals surface area contributed by atoms with Crippen molar-refractivity contribution >= 4 is 35.8 Å². The molecule has 1 saturated carbocycles. The van der Waals surface area contributed by atoms with Crippen molar-refractivity contribution in [3.05, 3.63) is 17.3 Å². The lowest BCUT2D eigenvalue weighted by molar-refractivity contribution is -0.121. The number of aliphatic imine (C=N–C) groups is 1. The zero-order chi connectivity index (χ0) is 17.4. The highest BCUT2D eigenvalue weighted by Crippen LogP contribution is 2.17. The van der Waals surface area contributed by atoms with E-state index in [9.17, 15) is 4.79 Å². The molecule has 1 fully saturated rings. The summed E-state index contributed by atoms with van der Waals surface area (Å²) in [6.07, 6.45) is 5.11. The molecule has 0 aromatic carbocycles. The van der Waals surface area contributed by atoms with E-state index in [1.165, 1.54) is 12.8 Å². The Hall–Kier alpha value is -1.32. The molecule has 0 spiro atoms. The molecule has 1 aliphatic carbocycles. The zero-order valence-electron chi connectivity index (χ0n) is 15.4. The second kappa shape index (κ2) is 11.3. The van der Waals surface area contributed by atoms with Crippen molar-refractivity contribution in [1.29, 1.82) is 0 Å². The van der Waals surface area contributed by atoms with Crippen LogP contribution in [0.25, 0.3) is 0 Å². The third-order valence-corrected chi connectivity index (χ3v) is 4.15. The number of oxazole rings is 1. The molecule has 0 atom stereocenters. The van der Waals surface area contributed by atoms with Crippen LogP contribution in [0.3, 0.4) is 0 Å². The molecular weight excluding hydrogens is 433 g/mol. The van der Waals surface area contributed by atoms with Crippen molar-refractivity contribution in [1.82, 2.24) is 20.9 Å². The molecule has 1 aromatic heterocycles. The Balaban J connectivity index is 0.00000312. The molecule has 3 N–H and O–H groups in total. The predicted molar refractivity (Wildman–Crippen MR) is 109 cm³/mol. The molecule has 7 nitrogen and oxygen atoms in total. The maximum atomic E-state index is 11.9. The van der Waals surface area contributed by atoms with E-state index in [-0.39, 0.29) is 29.9 Å². The van der Waals surface area contributed by atoms with E-state index in [1.807, 2.05) is 20.8 Å². The van der Waals surface area contributed by atoms with Gasteiger partial charge in [-0.25, -0.2) is 9.98 Å². The van der Waals surface area contributed by atoms with Gasteiger partial charge in [0.15, 0.2) is 5.96 Å². The van der Waals surface area contributed by atoms with Crippen LogP contribution in [0.5, 0.6) is 0 Å². The first-order chi connectivity index (χ1) is 11.6. The normalized spacial score (nSPS) is 14.9. The van der Waals surface area contributed by atoms with Gasteiger partial charge in [-0.1, -0.05) is 12.8 Å². The third kappa shape index (κ3) is 7.62. The fourth-order valence-corrected chi connectivity index (χ4v) is 2.76. The number of nitrogens with one attached hydrogen (secondary N) is 3. The largest absolute Gasteiger partial charge is 0.444 e. The van der Waals surface area contributed by atoms with Crippen LogP contribution in [0, 0.1) is 13.8 Å². The van der Waals surface area contributed by atoms with Crippen LogP contribution in [0.2, 0.25) is 0 Å². The molecule has 142 valence electrons. The molecule has 0 saturated heterocycles. The summed E-state index contributed by atoms with van der Waals surface area (Å²) in [5, 5.41) is 9.42. The van der Waals surface area contributed by atoms with Gasteiger partial charge in [0.2, 0.25) is 11.8 Å². The molecular formula is C17H30IN5O2. The number of hydrogen-bond acceptors (Lipinski definition) is 4. The number of guanidine groups is 1. The average molecular weight is 463 g/mol. The minimum atomic E-state index is 0. The molecule has 0 radical (unpaired) electrons. The number of aryl methyl sites for hydroxylation is 2. The number of rotatable bonds is 7. The summed E-state index contributed by atoms with van der Waals surface area (Å²) in [6, 6.07) is 0.371. The first-order valence-electron chi connectivity index (χ1n) is 8.83. The highest BCUT2D eigenvalue weighted by molar-refractivity contribution is 14.0. The zero-order valence-corrected chi connectivity index (χ0v) is 17.7. The molecule has 1 heterocycles. The predicted octanol–water partition coefficient (Wildman–Crippen LogP) is 2.41. The van der Waals surface area contributed by atoms with Gasteiger partial charge in [0.05, 0.1) is 5.69 Å². The van der Waals surface area contributed by atoms with Gasteiger partial charge in [-0.2, -0.15) is 0 Å². The molecule has 1 aromatic rings. The Morgan fingerprint density at radius 3 is 2.60 bits per heavy atom. The molecule has 0 bridgehead atoms. The topological polar surface area (TPSA) is 91.6 Å². The lowest BCUT2D eigenvalue weighted by Gasteiger charge is -2.13. The second-order valence-electron chi connectivity index (χ2n) is 6.17. The summed E-state index contributed by atoms with van der Waals surface area (Å²) in [5.74, 6) is 2.19. The lowest BCUT2D eigenvalue weighted by Crippen LogP contribution is -2.40. The van der Waals surface area contributed by atoms with Crippen LogP contribution in [0.15, 0.2) is 9.41 Å². The van der Waals surface area contributed by atoms with E-state index < -0.39 is 0 Å². The van der Waals surface area contributed by atoms with Crippen LogP contribution < -0.4 is 16.0 Å². The third-order valence-electron chi connectivity index (χ3n) is 4.15. The van der Waals surface area contributed by atoms with E-state index in [4.69, 9.17) is 4.42 Å². The first kappa shape index (κ1) is 21.7. The van der Waals surface area contributed by atoms with Gasteiger partial charge in [0, 0.05) is 25.6 Å². The van der Waals surface area contributed by atoms with E-state index in [1.54, 1.807) is 0 Å². The average Bonchev–Trinajstić information content (AvgIpc) is 3.15. The standard InChI is InChI=1S/C17H29N5O2.HI/c1-4-18-17(20-11-16-21-12(2)13(3)24-16)19-10-9-15(23)22-14-7-5-6-8-14;/h14H,4-11H2,1-3H3,(H,22,23)(H2,18,19,20);1H. The van der Waals surface area contributed by atoms with Crippen LogP contribution in [0.4, 0.5) is 0 Å². The number of carbonyl (C=O) groups excluding carboxylic acids is 1. The fraction of sp³-hybridized carbons (Fsp3) is 0.706. The summed E-state index contributed by atoms with van der Waals surface area (Å²) in [7, 11) is 0. The summed E-state index contributed by atoms with van der Waals surface area (Å²) in [5.41, 5.74) is 0.891. The highest BCUT2D eigenvalue weighted by Gasteiger charge is 2.16. The maximum absolute atomic E-state index is 11.9. The van der Waals surface area contributed by atoms with Crippen molar-refractivity contribution in [2.24, 2.45) is 4.99 Å². The van der Waals surface area contributed by atoms with Gasteiger partial charge in [-0.15, -0.1) is 24.0 Å². The van der Waals surface area contributed by atoms with Gasteiger partial charge in [0.25, 0.3) is 0 Å². The van der Waals surface area contributed by atoms with Crippen LogP contribution in [0.1, 0.15) is 56.4 Å². The fourth-order valence-electron chi connectivity index (χ4n) is 2.76. The number of hydrogen-bond donors (Lipinski definition) is 3. The van der Waals surface area contributed by atoms with Crippen LogP contribution in [-0.4, -0.2) is 36.0 Å². The van der Waals surface area contributed by atoms with Crippen molar-refractivity contribution in [2.45, 2.75) is 65.5 Å². The van der Waals surface area contributed by atoms with Gasteiger partial charge < -0.3 is 20.4 Å². The van der Waals surface area contributed by atoms with Crippen molar-refractivity contribution in [2.75, 3.05) is 13.1 Å². The summed E-state index contributed by atoms with van der Waals surface area (Å²) in [4.78, 5) is 20.7. The van der Waals surface area contributed by atoms with Crippen molar-refractivity contribution in [3.63, 3.8) is 0 Å². The van der Waals surface area contributed by atoms with E-state index in [2.05, 4.69) is 25.9 Å². The summed E-state index contributed by atoms with van der Waals surface area (Å²) in [6.45, 7) is 7.49. The molecule has 25 heavy (non-hydrogen) atoms. The SMILES string of the molecule is CCNC(=NCc1nc(C)c(C)o1)NCCC(=O)NC1CCCC1.I. The number of amides is 1. The summed E-state index contributed by atoms with van der Waals surface area (Å²) < 4.78 is 5.52. The Morgan fingerprint density at radius 1 is 1.28 bits per heavy atom. The monoisotopic (exact) mass is 463 g/mol. The van der Waals surface area contributed by atoms with E-state index in [0.717, 1.165) is 30.8 Å². The van der Waals surface area contributed by atoms with E-state index >= 15 is 0 Å². The minimum Gasteiger partial charge on any atom is -0.444 e. The smallest absolute Gasteiger partial charge is 0.221 e. The number of carbonyl (C=O) groups is 1. The van der Waals surface area contributed by atoms with Gasteiger partial charge >= 0.3 is 0 Å². The minimum absolute atomic E-state index is 0. The van der Waals surface area contributed by atoms with E-state index in [0.29, 0.717) is 37.4 Å². The lowest BCUT2D eigenvalue weighted by atomic mass is 10.2. The molecule has 8 heteroatoms. The molecule has 0 unspecified atom stereocenters. The number of aromatic nitrogens is 1. The Labute approximate surface area is 166 Å². The quantitative estimate of drug-likeness (QED) is 0.328. The molecule has 1 amide bonds. The Morgan fingerprint density at radius 2 is 2.00 bits per heavy atom. The van der Waals surface area contributed by atoms with Crippen molar-refractivity contribution in [3.8, 4) is 0 Å². The molecule has 2 rings (SSSR count). The van der Waals surface area contributed by atoms with Crippen LogP contribution in [-0.2, 0) is 11.3 Å². The van der Waals surface area contributed by atoms with Gasteiger partial charge in [-0.3, -0.25) is 4.79 Å².